The van der Waals surface area contributed by atoms with E-state index < -0.39 is 0 Å². The minimum atomic E-state index is 0.382. The molecule has 0 amide bonds. The molecule has 52 valence electrons. The van der Waals surface area contributed by atoms with Gasteiger partial charge in [-0.25, -0.2) is 0 Å². The number of rotatable bonds is 3. The normalized spacial score (nSPS) is 17.7. The van der Waals surface area contributed by atoms with Crippen LogP contribution in [0.2, 0.25) is 0 Å². The molecule has 0 bridgehead atoms. The zero-order valence-electron chi connectivity index (χ0n) is 6.46. The first-order chi connectivity index (χ1) is 4.22. The summed E-state index contributed by atoms with van der Waals surface area (Å²) in [7, 11) is 0. The van der Waals surface area contributed by atoms with Crippen LogP contribution in [-0.2, 0) is 0 Å². The summed E-state index contributed by atoms with van der Waals surface area (Å²) >= 11 is 0. The molecule has 0 aromatic rings. The highest BCUT2D eigenvalue weighted by Gasteiger charge is 2.03. The maximum Gasteiger partial charge on any atom is 0.0527 e. The standard InChI is InChI=1S/C8H15N/c1-5-7(3)8(4)9-6-2/h5-8H,1H2,2-4H3/b9-6-. The predicted octanol–water partition coefficient (Wildman–Crippen LogP) is 2.29. The molecule has 0 N–H and O–H groups in total. The predicted molar refractivity (Wildman–Crippen MR) is 43.0 cm³/mol. The highest BCUT2D eigenvalue weighted by Crippen LogP contribution is 2.05. The molecule has 1 heteroatoms. The average molecular weight is 125 g/mol. The summed E-state index contributed by atoms with van der Waals surface area (Å²) in [4.78, 5) is 4.20. The van der Waals surface area contributed by atoms with Crippen molar-refractivity contribution in [2.75, 3.05) is 0 Å². The largest absolute Gasteiger partial charge is 0.294 e. The Morgan fingerprint density at radius 2 is 2.00 bits per heavy atom. The van der Waals surface area contributed by atoms with E-state index in [9.17, 15) is 0 Å². The summed E-state index contributed by atoms with van der Waals surface area (Å²) in [5.41, 5.74) is 0. The van der Waals surface area contributed by atoms with E-state index in [0.29, 0.717) is 12.0 Å². The third-order valence-corrected chi connectivity index (χ3v) is 1.52. The van der Waals surface area contributed by atoms with Gasteiger partial charge in [-0.2, -0.15) is 0 Å². The molecule has 0 aliphatic rings. The van der Waals surface area contributed by atoms with E-state index in [0.717, 1.165) is 0 Å². The number of hydrogen-bond donors (Lipinski definition) is 0. The number of aliphatic imine (C=N–C) groups is 1. The lowest BCUT2D eigenvalue weighted by atomic mass is 10.1. The molecule has 1 nitrogen and oxygen atoms in total. The highest BCUT2D eigenvalue weighted by atomic mass is 14.8. The van der Waals surface area contributed by atoms with E-state index in [2.05, 4.69) is 25.4 Å². The number of hydrogen-bond acceptors (Lipinski definition) is 1. The molecule has 0 radical (unpaired) electrons. The van der Waals surface area contributed by atoms with Gasteiger partial charge in [-0.3, -0.25) is 4.99 Å². The lowest BCUT2D eigenvalue weighted by Crippen LogP contribution is -2.07. The van der Waals surface area contributed by atoms with Crippen LogP contribution >= 0.6 is 0 Å². The average Bonchev–Trinajstić information content (AvgIpc) is 1.87. The van der Waals surface area contributed by atoms with Gasteiger partial charge >= 0.3 is 0 Å². The lowest BCUT2D eigenvalue weighted by Gasteiger charge is -2.09. The van der Waals surface area contributed by atoms with Gasteiger partial charge in [0, 0.05) is 0 Å². The molecule has 0 aromatic heterocycles. The third-order valence-electron chi connectivity index (χ3n) is 1.52. The molecule has 0 rings (SSSR count). The molecule has 0 fully saturated rings. The van der Waals surface area contributed by atoms with Gasteiger partial charge < -0.3 is 0 Å². The van der Waals surface area contributed by atoms with Gasteiger partial charge in [0.1, 0.15) is 0 Å². The quantitative estimate of drug-likeness (QED) is 0.405. The van der Waals surface area contributed by atoms with Crippen LogP contribution in [0.4, 0.5) is 0 Å². The van der Waals surface area contributed by atoms with Crippen LogP contribution in [0.5, 0.6) is 0 Å². The van der Waals surface area contributed by atoms with E-state index in [4.69, 9.17) is 0 Å². The smallest absolute Gasteiger partial charge is 0.0527 e. The molecular weight excluding hydrogens is 110 g/mol. The summed E-state index contributed by atoms with van der Waals surface area (Å²) in [6, 6.07) is 0.382. The van der Waals surface area contributed by atoms with Crippen LogP contribution < -0.4 is 0 Å². The fourth-order valence-corrected chi connectivity index (χ4v) is 0.568. The van der Waals surface area contributed by atoms with E-state index in [1.165, 1.54) is 0 Å². The second kappa shape index (κ2) is 4.30. The zero-order valence-corrected chi connectivity index (χ0v) is 6.46. The van der Waals surface area contributed by atoms with Crippen molar-refractivity contribution < 1.29 is 0 Å². The zero-order chi connectivity index (χ0) is 7.28. The fraction of sp³-hybridized carbons (Fsp3) is 0.625. The molecule has 2 unspecified atom stereocenters. The molecule has 0 saturated carbocycles. The van der Waals surface area contributed by atoms with E-state index in [-0.39, 0.29) is 0 Å². The van der Waals surface area contributed by atoms with Crippen LogP contribution in [0.25, 0.3) is 0 Å². The lowest BCUT2D eigenvalue weighted by molar-refractivity contribution is 0.587. The van der Waals surface area contributed by atoms with Crippen molar-refractivity contribution in [1.82, 2.24) is 0 Å². The molecule has 0 saturated heterocycles. The maximum atomic E-state index is 4.20. The minimum absolute atomic E-state index is 0.382. The Hall–Kier alpha value is -0.590. The first-order valence-corrected chi connectivity index (χ1v) is 3.32. The Morgan fingerprint density at radius 1 is 1.44 bits per heavy atom. The molecule has 2 atom stereocenters. The Morgan fingerprint density at radius 3 is 2.33 bits per heavy atom. The van der Waals surface area contributed by atoms with Gasteiger partial charge in [-0.15, -0.1) is 6.58 Å². The van der Waals surface area contributed by atoms with Gasteiger partial charge in [0.05, 0.1) is 6.04 Å². The topological polar surface area (TPSA) is 12.4 Å². The molecule has 0 spiro atoms. The van der Waals surface area contributed by atoms with Crippen molar-refractivity contribution in [3.05, 3.63) is 12.7 Å². The first kappa shape index (κ1) is 8.41. The third kappa shape index (κ3) is 3.07. The maximum absolute atomic E-state index is 4.20. The molecule has 9 heavy (non-hydrogen) atoms. The summed E-state index contributed by atoms with van der Waals surface area (Å²) in [5, 5.41) is 0. The van der Waals surface area contributed by atoms with Crippen molar-refractivity contribution in [3.8, 4) is 0 Å². The monoisotopic (exact) mass is 125 g/mol. The van der Waals surface area contributed by atoms with Gasteiger partial charge in [0.15, 0.2) is 0 Å². The minimum Gasteiger partial charge on any atom is -0.294 e. The number of nitrogens with zero attached hydrogens (tertiary/aromatic N) is 1. The molecular formula is C8H15N. The van der Waals surface area contributed by atoms with Crippen molar-refractivity contribution in [3.63, 3.8) is 0 Å². The second-order valence-corrected chi connectivity index (χ2v) is 2.24. The summed E-state index contributed by atoms with van der Waals surface area (Å²) in [6.45, 7) is 9.83. The van der Waals surface area contributed by atoms with Gasteiger partial charge in [-0.05, 0) is 26.0 Å². The van der Waals surface area contributed by atoms with Crippen molar-refractivity contribution in [2.24, 2.45) is 10.9 Å². The van der Waals surface area contributed by atoms with Gasteiger partial charge in [-0.1, -0.05) is 13.0 Å². The SMILES string of the molecule is C=CC(C)C(C)/N=C\C. The van der Waals surface area contributed by atoms with E-state index in [1.54, 1.807) is 0 Å². The van der Waals surface area contributed by atoms with E-state index in [1.807, 2.05) is 19.2 Å². The Labute approximate surface area is 57.5 Å². The summed E-state index contributed by atoms with van der Waals surface area (Å²) < 4.78 is 0. The Balaban J connectivity index is 3.71. The molecule has 0 heterocycles. The van der Waals surface area contributed by atoms with Gasteiger partial charge in [0.25, 0.3) is 0 Å². The van der Waals surface area contributed by atoms with Gasteiger partial charge in [0.2, 0.25) is 0 Å². The van der Waals surface area contributed by atoms with Crippen LogP contribution in [-0.4, -0.2) is 12.3 Å². The van der Waals surface area contributed by atoms with Crippen LogP contribution in [0.15, 0.2) is 17.6 Å². The first-order valence-electron chi connectivity index (χ1n) is 3.32. The van der Waals surface area contributed by atoms with Crippen LogP contribution in [0.1, 0.15) is 20.8 Å². The molecule has 0 aromatic carbocycles. The Bertz CT molecular complexity index is 105. The summed E-state index contributed by atoms with van der Waals surface area (Å²) in [6.07, 6.45) is 3.77. The second-order valence-electron chi connectivity index (χ2n) is 2.24. The highest BCUT2D eigenvalue weighted by molar-refractivity contribution is 5.53. The summed E-state index contributed by atoms with van der Waals surface area (Å²) in [5.74, 6) is 0.487. The van der Waals surface area contributed by atoms with Crippen molar-refractivity contribution in [2.45, 2.75) is 26.8 Å². The molecule has 0 aliphatic carbocycles. The fourth-order valence-electron chi connectivity index (χ4n) is 0.568. The Kier molecular flexibility index (Phi) is 4.02. The van der Waals surface area contributed by atoms with Crippen molar-refractivity contribution >= 4 is 6.21 Å². The van der Waals surface area contributed by atoms with Crippen molar-refractivity contribution in [1.29, 1.82) is 0 Å². The van der Waals surface area contributed by atoms with Crippen LogP contribution in [0, 0.1) is 5.92 Å². The van der Waals surface area contributed by atoms with Crippen LogP contribution in [0.3, 0.4) is 0 Å². The molecule has 0 aliphatic heterocycles. The van der Waals surface area contributed by atoms with E-state index >= 15 is 0 Å².